The number of ether oxygens (including phenoxy) is 1. The Hall–Kier alpha value is -0.630. The van der Waals surface area contributed by atoms with E-state index in [9.17, 15) is 5.26 Å². The second-order valence-electron chi connectivity index (χ2n) is 5.71. The minimum absolute atomic E-state index is 0.271. The van der Waals surface area contributed by atoms with Crippen molar-refractivity contribution < 1.29 is 4.74 Å². The first kappa shape index (κ1) is 13.8. The summed E-state index contributed by atoms with van der Waals surface area (Å²) in [6, 6.07) is 3.10. The summed E-state index contributed by atoms with van der Waals surface area (Å²) in [4.78, 5) is 2.41. The smallest absolute Gasteiger partial charge is 0.109 e. The average molecular weight is 251 g/mol. The summed E-state index contributed by atoms with van der Waals surface area (Å²) < 4.78 is 5.43. The normalized spacial score (nSPS) is 36.1. The van der Waals surface area contributed by atoms with Crippen molar-refractivity contribution in [3.63, 3.8) is 0 Å². The van der Waals surface area contributed by atoms with Crippen LogP contribution in [0.15, 0.2) is 0 Å². The van der Waals surface area contributed by atoms with Gasteiger partial charge in [-0.3, -0.25) is 0 Å². The van der Waals surface area contributed by atoms with Gasteiger partial charge in [0.15, 0.2) is 0 Å². The fourth-order valence-corrected chi connectivity index (χ4v) is 3.41. The van der Waals surface area contributed by atoms with Crippen LogP contribution in [0.25, 0.3) is 0 Å². The van der Waals surface area contributed by atoms with Crippen LogP contribution in [-0.4, -0.2) is 50.3 Å². The molecule has 0 aromatic rings. The molecule has 18 heavy (non-hydrogen) atoms. The van der Waals surface area contributed by atoms with Crippen LogP contribution in [0.1, 0.15) is 32.1 Å². The van der Waals surface area contributed by atoms with Gasteiger partial charge in [0.25, 0.3) is 0 Å². The van der Waals surface area contributed by atoms with Crippen LogP contribution in [0.2, 0.25) is 0 Å². The van der Waals surface area contributed by atoms with E-state index in [4.69, 9.17) is 4.74 Å². The van der Waals surface area contributed by atoms with Crippen molar-refractivity contribution in [3.05, 3.63) is 0 Å². The molecule has 102 valence electrons. The number of nitriles is 1. The van der Waals surface area contributed by atoms with Gasteiger partial charge < -0.3 is 15.0 Å². The summed E-state index contributed by atoms with van der Waals surface area (Å²) in [5, 5.41) is 12.7. The second kappa shape index (κ2) is 6.01. The van der Waals surface area contributed by atoms with Gasteiger partial charge in [-0.05, 0) is 52.2 Å². The van der Waals surface area contributed by atoms with E-state index in [0.717, 1.165) is 39.0 Å². The molecule has 3 atom stereocenters. The molecule has 1 heterocycles. The SMILES string of the molecule is CNC1(C#N)CCCC1CCN(C)C1CCOC1. The Kier molecular flexibility index (Phi) is 4.60. The molecule has 0 aromatic carbocycles. The Morgan fingerprint density at radius 2 is 2.33 bits per heavy atom. The minimum Gasteiger partial charge on any atom is -0.380 e. The van der Waals surface area contributed by atoms with Crippen molar-refractivity contribution in [2.75, 3.05) is 33.9 Å². The van der Waals surface area contributed by atoms with Gasteiger partial charge in [-0.1, -0.05) is 6.42 Å². The number of hydrogen-bond acceptors (Lipinski definition) is 4. The highest BCUT2D eigenvalue weighted by Gasteiger charge is 2.41. The van der Waals surface area contributed by atoms with Crippen LogP contribution in [0.3, 0.4) is 0 Å². The number of nitrogens with one attached hydrogen (secondary N) is 1. The second-order valence-corrected chi connectivity index (χ2v) is 5.71. The number of rotatable bonds is 5. The third-order valence-corrected chi connectivity index (χ3v) is 4.83. The molecule has 1 saturated heterocycles. The lowest BCUT2D eigenvalue weighted by Crippen LogP contribution is -2.46. The van der Waals surface area contributed by atoms with Gasteiger partial charge in [-0.25, -0.2) is 0 Å². The van der Waals surface area contributed by atoms with Crippen LogP contribution in [-0.2, 0) is 4.74 Å². The van der Waals surface area contributed by atoms with E-state index in [1.54, 1.807) is 0 Å². The highest BCUT2D eigenvalue weighted by molar-refractivity contribution is 5.13. The molecule has 3 unspecified atom stereocenters. The molecular formula is C14H25N3O. The van der Waals surface area contributed by atoms with Crippen LogP contribution in [0.4, 0.5) is 0 Å². The van der Waals surface area contributed by atoms with Crippen molar-refractivity contribution in [2.45, 2.75) is 43.7 Å². The lowest BCUT2D eigenvalue weighted by atomic mass is 9.86. The molecule has 0 spiro atoms. The standard InChI is InChI=1S/C14H25N3O/c1-16-14(11-15)7-3-4-12(14)5-8-17(2)13-6-9-18-10-13/h12-13,16H,3-10H2,1-2H3. The van der Waals surface area contributed by atoms with E-state index in [0.29, 0.717) is 12.0 Å². The topological polar surface area (TPSA) is 48.3 Å². The van der Waals surface area contributed by atoms with E-state index in [1.165, 1.54) is 12.8 Å². The Bertz CT molecular complexity index is 309. The van der Waals surface area contributed by atoms with E-state index in [2.05, 4.69) is 23.3 Å². The monoisotopic (exact) mass is 251 g/mol. The van der Waals surface area contributed by atoms with E-state index in [1.807, 2.05) is 7.05 Å². The molecule has 0 radical (unpaired) electrons. The van der Waals surface area contributed by atoms with Crippen molar-refractivity contribution in [3.8, 4) is 6.07 Å². The maximum atomic E-state index is 9.42. The third kappa shape index (κ3) is 2.69. The maximum absolute atomic E-state index is 9.42. The van der Waals surface area contributed by atoms with E-state index < -0.39 is 0 Å². The summed E-state index contributed by atoms with van der Waals surface area (Å²) in [6.45, 7) is 2.84. The van der Waals surface area contributed by atoms with Gasteiger partial charge >= 0.3 is 0 Å². The van der Waals surface area contributed by atoms with Crippen LogP contribution in [0, 0.1) is 17.2 Å². The first-order valence-corrected chi connectivity index (χ1v) is 7.10. The van der Waals surface area contributed by atoms with Gasteiger partial charge in [-0.2, -0.15) is 5.26 Å². The molecule has 0 amide bonds. The third-order valence-electron chi connectivity index (χ3n) is 4.83. The average Bonchev–Trinajstić information content (AvgIpc) is 3.05. The van der Waals surface area contributed by atoms with Crippen molar-refractivity contribution in [1.29, 1.82) is 5.26 Å². The molecule has 4 heteroatoms. The Morgan fingerprint density at radius 1 is 1.50 bits per heavy atom. The van der Waals surface area contributed by atoms with Gasteiger partial charge in [0.2, 0.25) is 0 Å². The zero-order valence-electron chi connectivity index (χ0n) is 11.6. The molecule has 2 aliphatic rings. The van der Waals surface area contributed by atoms with Crippen molar-refractivity contribution in [2.24, 2.45) is 5.92 Å². The van der Waals surface area contributed by atoms with E-state index in [-0.39, 0.29) is 5.54 Å². The molecule has 1 aliphatic carbocycles. The molecule has 0 bridgehead atoms. The maximum Gasteiger partial charge on any atom is 0.109 e. The highest BCUT2D eigenvalue weighted by atomic mass is 16.5. The number of likely N-dealkylation sites (N-methyl/N-ethyl adjacent to an activating group) is 1. The molecule has 2 fully saturated rings. The fourth-order valence-electron chi connectivity index (χ4n) is 3.41. The van der Waals surface area contributed by atoms with Gasteiger partial charge in [-0.15, -0.1) is 0 Å². The summed E-state index contributed by atoms with van der Waals surface area (Å²) in [5.41, 5.74) is -0.271. The zero-order chi connectivity index (χ0) is 13.0. The number of nitrogens with zero attached hydrogens (tertiary/aromatic N) is 2. The molecule has 0 aromatic heterocycles. The molecule has 2 rings (SSSR count). The summed E-state index contributed by atoms with van der Waals surface area (Å²) in [7, 11) is 4.11. The Balaban J connectivity index is 1.84. The molecular weight excluding hydrogens is 226 g/mol. The Labute approximate surface area is 110 Å². The molecule has 1 N–H and O–H groups in total. The van der Waals surface area contributed by atoms with Gasteiger partial charge in [0, 0.05) is 12.6 Å². The number of hydrogen-bond donors (Lipinski definition) is 1. The predicted molar refractivity (Wildman–Crippen MR) is 71.2 cm³/mol. The summed E-state index contributed by atoms with van der Waals surface area (Å²) in [5.74, 6) is 0.497. The zero-order valence-corrected chi connectivity index (χ0v) is 11.6. The molecule has 4 nitrogen and oxygen atoms in total. The first-order chi connectivity index (χ1) is 8.72. The van der Waals surface area contributed by atoms with Gasteiger partial charge in [0.05, 0.1) is 12.7 Å². The summed E-state index contributed by atoms with van der Waals surface area (Å²) in [6.07, 6.45) is 5.62. The Morgan fingerprint density at radius 3 is 2.94 bits per heavy atom. The van der Waals surface area contributed by atoms with Crippen LogP contribution >= 0.6 is 0 Å². The predicted octanol–water partition coefficient (Wildman–Crippen LogP) is 1.38. The van der Waals surface area contributed by atoms with E-state index >= 15 is 0 Å². The van der Waals surface area contributed by atoms with Crippen molar-refractivity contribution >= 4 is 0 Å². The lowest BCUT2D eigenvalue weighted by molar-refractivity contribution is 0.152. The fraction of sp³-hybridized carbons (Fsp3) is 0.929. The highest BCUT2D eigenvalue weighted by Crippen LogP contribution is 2.37. The lowest BCUT2D eigenvalue weighted by Gasteiger charge is -2.31. The molecule has 1 saturated carbocycles. The quantitative estimate of drug-likeness (QED) is 0.802. The van der Waals surface area contributed by atoms with Crippen LogP contribution < -0.4 is 5.32 Å². The largest absolute Gasteiger partial charge is 0.380 e. The van der Waals surface area contributed by atoms with Crippen LogP contribution in [0.5, 0.6) is 0 Å². The minimum atomic E-state index is -0.271. The first-order valence-electron chi connectivity index (χ1n) is 7.10. The van der Waals surface area contributed by atoms with Gasteiger partial charge in [0.1, 0.15) is 5.54 Å². The van der Waals surface area contributed by atoms with Crippen molar-refractivity contribution in [1.82, 2.24) is 10.2 Å². The molecule has 1 aliphatic heterocycles. The summed E-state index contributed by atoms with van der Waals surface area (Å²) >= 11 is 0.